The first-order valence-electron chi connectivity index (χ1n) is 7.26. The number of hydrogen-bond donors (Lipinski definition) is 1. The number of aryl methyl sites for hydroxylation is 2. The lowest BCUT2D eigenvalue weighted by molar-refractivity contribution is -0.384. The van der Waals surface area contributed by atoms with Crippen LogP contribution in [0, 0.1) is 24.0 Å². The molecule has 0 fully saturated rings. The molecule has 0 aliphatic heterocycles. The van der Waals surface area contributed by atoms with Crippen molar-refractivity contribution in [1.82, 2.24) is 0 Å². The minimum atomic E-state index is -0.913. The zero-order valence-corrected chi connectivity index (χ0v) is 14.3. The van der Waals surface area contributed by atoms with Crippen molar-refractivity contribution < 1.29 is 19.2 Å². The minimum Gasteiger partial charge on any atom is -0.452 e. The Labute approximate surface area is 148 Å². The van der Waals surface area contributed by atoms with E-state index < -0.39 is 23.4 Å². The largest absolute Gasteiger partial charge is 0.452 e. The van der Waals surface area contributed by atoms with Gasteiger partial charge in [-0.05, 0) is 43.2 Å². The fraction of sp³-hybridized carbons (Fsp3) is 0.176. The molecule has 0 radical (unpaired) electrons. The van der Waals surface area contributed by atoms with Gasteiger partial charge >= 0.3 is 5.97 Å². The predicted molar refractivity (Wildman–Crippen MR) is 92.9 cm³/mol. The van der Waals surface area contributed by atoms with E-state index in [0.717, 1.165) is 17.2 Å². The van der Waals surface area contributed by atoms with Gasteiger partial charge in [-0.2, -0.15) is 0 Å². The predicted octanol–water partition coefficient (Wildman–Crippen LogP) is 3.66. The van der Waals surface area contributed by atoms with E-state index in [4.69, 9.17) is 16.3 Å². The van der Waals surface area contributed by atoms with Crippen LogP contribution in [0.1, 0.15) is 21.5 Å². The first-order chi connectivity index (χ1) is 11.8. The molecule has 130 valence electrons. The standard InChI is InChI=1S/C17H15ClN2O5/c1-10-3-4-12(7-11(10)2)19-16(21)9-25-17(22)14-8-13(20(23)24)5-6-15(14)18/h3-8H,9H2,1-2H3,(H,19,21). The van der Waals surface area contributed by atoms with Crippen molar-refractivity contribution in [2.24, 2.45) is 0 Å². The Bertz CT molecular complexity index is 851. The first kappa shape index (κ1) is 18.4. The van der Waals surface area contributed by atoms with Crippen LogP contribution in [-0.4, -0.2) is 23.4 Å². The molecule has 1 amide bonds. The normalized spacial score (nSPS) is 10.2. The van der Waals surface area contributed by atoms with Crippen molar-refractivity contribution in [2.75, 3.05) is 11.9 Å². The summed E-state index contributed by atoms with van der Waals surface area (Å²) >= 11 is 5.85. The number of esters is 1. The summed E-state index contributed by atoms with van der Waals surface area (Å²) in [5, 5.41) is 13.4. The second kappa shape index (κ2) is 7.76. The molecule has 2 aromatic carbocycles. The maximum absolute atomic E-state index is 12.0. The number of nitro benzene ring substituents is 1. The zero-order chi connectivity index (χ0) is 18.6. The molecule has 0 bridgehead atoms. The fourth-order valence-electron chi connectivity index (χ4n) is 2.01. The summed E-state index contributed by atoms with van der Waals surface area (Å²) in [5.41, 5.74) is 2.21. The molecule has 8 heteroatoms. The van der Waals surface area contributed by atoms with Crippen molar-refractivity contribution >= 4 is 34.9 Å². The van der Waals surface area contributed by atoms with Gasteiger partial charge in [-0.15, -0.1) is 0 Å². The first-order valence-corrected chi connectivity index (χ1v) is 7.64. The Hall–Kier alpha value is -2.93. The summed E-state index contributed by atoms with van der Waals surface area (Å²) in [6.45, 7) is 3.33. The maximum atomic E-state index is 12.0. The number of carbonyl (C=O) groups excluding carboxylic acids is 2. The van der Waals surface area contributed by atoms with Crippen LogP contribution in [-0.2, 0) is 9.53 Å². The van der Waals surface area contributed by atoms with Gasteiger partial charge in [0.05, 0.1) is 15.5 Å². The van der Waals surface area contributed by atoms with Crippen LogP contribution in [0.2, 0.25) is 5.02 Å². The van der Waals surface area contributed by atoms with Gasteiger partial charge in [0.2, 0.25) is 0 Å². The van der Waals surface area contributed by atoms with Crippen LogP contribution in [0.3, 0.4) is 0 Å². The van der Waals surface area contributed by atoms with Gasteiger partial charge in [0.1, 0.15) is 0 Å². The smallest absolute Gasteiger partial charge is 0.340 e. The quantitative estimate of drug-likeness (QED) is 0.497. The Morgan fingerprint density at radius 1 is 1.16 bits per heavy atom. The molecule has 0 aromatic heterocycles. The number of nitro groups is 1. The molecule has 0 saturated heterocycles. The summed E-state index contributed by atoms with van der Waals surface area (Å²) in [5.74, 6) is -1.44. The Kier molecular flexibility index (Phi) is 5.71. The van der Waals surface area contributed by atoms with Crippen molar-refractivity contribution in [3.63, 3.8) is 0 Å². The second-order valence-corrected chi connectivity index (χ2v) is 5.75. The highest BCUT2D eigenvalue weighted by Gasteiger charge is 2.18. The van der Waals surface area contributed by atoms with E-state index in [-0.39, 0.29) is 16.3 Å². The topological polar surface area (TPSA) is 98.5 Å². The zero-order valence-electron chi connectivity index (χ0n) is 13.5. The Balaban J connectivity index is 1.99. The highest BCUT2D eigenvalue weighted by Crippen LogP contribution is 2.22. The second-order valence-electron chi connectivity index (χ2n) is 5.34. The summed E-state index contributed by atoms with van der Waals surface area (Å²) in [6, 6.07) is 8.80. The third kappa shape index (κ3) is 4.77. The van der Waals surface area contributed by atoms with Gasteiger partial charge in [-0.3, -0.25) is 14.9 Å². The molecule has 1 N–H and O–H groups in total. The van der Waals surface area contributed by atoms with Crippen molar-refractivity contribution in [3.05, 3.63) is 68.2 Å². The lowest BCUT2D eigenvalue weighted by atomic mass is 10.1. The number of halogens is 1. The highest BCUT2D eigenvalue weighted by molar-refractivity contribution is 6.33. The number of hydrogen-bond acceptors (Lipinski definition) is 5. The number of amides is 1. The molecule has 0 spiro atoms. The molecule has 25 heavy (non-hydrogen) atoms. The molecule has 2 aromatic rings. The summed E-state index contributed by atoms with van der Waals surface area (Å²) in [7, 11) is 0. The van der Waals surface area contributed by atoms with Gasteiger partial charge in [-0.25, -0.2) is 4.79 Å². The van der Waals surface area contributed by atoms with Gasteiger partial charge in [0, 0.05) is 17.8 Å². The average Bonchev–Trinajstić information content (AvgIpc) is 2.56. The molecule has 0 unspecified atom stereocenters. The van der Waals surface area contributed by atoms with E-state index in [0.29, 0.717) is 5.69 Å². The number of nitrogens with zero attached hydrogens (tertiary/aromatic N) is 1. The van der Waals surface area contributed by atoms with E-state index in [1.54, 1.807) is 12.1 Å². The Morgan fingerprint density at radius 2 is 1.88 bits per heavy atom. The molecule has 0 aliphatic carbocycles. The molecule has 2 rings (SSSR count). The van der Waals surface area contributed by atoms with Crippen LogP contribution in [0.25, 0.3) is 0 Å². The van der Waals surface area contributed by atoms with Gasteiger partial charge in [0.25, 0.3) is 11.6 Å². The number of rotatable bonds is 5. The summed E-state index contributed by atoms with van der Waals surface area (Å²) in [6.07, 6.45) is 0. The van der Waals surface area contributed by atoms with Gasteiger partial charge in [0.15, 0.2) is 6.61 Å². The number of ether oxygens (including phenoxy) is 1. The third-order valence-electron chi connectivity index (χ3n) is 3.51. The summed E-state index contributed by atoms with van der Waals surface area (Å²) in [4.78, 5) is 34.0. The molecule has 0 heterocycles. The lowest BCUT2D eigenvalue weighted by Crippen LogP contribution is -2.21. The Morgan fingerprint density at radius 3 is 2.52 bits per heavy atom. The van der Waals surface area contributed by atoms with Gasteiger partial charge in [-0.1, -0.05) is 17.7 Å². The molecular formula is C17H15ClN2O5. The molecule has 0 saturated carbocycles. The number of nitrogens with one attached hydrogen (secondary N) is 1. The van der Waals surface area contributed by atoms with Crippen LogP contribution in [0.4, 0.5) is 11.4 Å². The van der Waals surface area contributed by atoms with E-state index in [9.17, 15) is 19.7 Å². The number of anilines is 1. The molecule has 7 nitrogen and oxygen atoms in total. The SMILES string of the molecule is Cc1ccc(NC(=O)COC(=O)c2cc([N+](=O)[O-])ccc2Cl)cc1C. The van der Waals surface area contributed by atoms with Crippen LogP contribution >= 0.6 is 11.6 Å². The van der Waals surface area contributed by atoms with Gasteiger partial charge < -0.3 is 10.1 Å². The average molecular weight is 363 g/mol. The van der Waals surface area contributed by atoms with Crippen molar-refractivity contribution in [3.8, 4) is 0 Å². The molecular weight excluding hydrogens is 348 g/mol. The monoisotopic (exact) mass is 362 g/mol. The number of non-ortho nitro benzene ring substituents is 1. The van der Waals surface area contributed by atoms with Crippen LogP contribution in [0.5, 0.6) is 0 Å². The number of carbonyl (C=O) groups is 2. The van der Waals surface area contributed by atoms with Crippen LogP contribution < -0.4 is 5.32 Å². The lowest BCUT2D eigenvalue weighted by Gasteiger charge is -2.09. The van der Waals surface area contributed by atoms with Crippen LogP contribution in [0.15, 0.2) is 36.4 Å². The summed E-state index contributed by atoms with van der Waals surface area (Å²) < 4.78 is 4.87. The van der Waals surface area contributed by atoms with Crippen molar-refractivity contribution in [1.29, 1.82) is 0 Å². The van der Waals surface area contributed by atoms with Crippen molar-refractivity contribution in [2.45, 2.75) is 13.8 Å². The highest BCUT2D eigenvalue weighted by atomic mass is 35.5. The van der Waals surface area contributed by atoms with E-state index in [2.05, 4.69) is 5.32 Å². The van der Waals surface area contributed by atoms with E-state index in [1.807, 2.05) is 19.9 Å². The van der Waals surface area contributed by atoms with E-state index in [1.165, 1.54) is 12.1 Å². The fourth-order valence-corrected chi connectivity index (χ4v) is 2.20. The minimum absolute atomic E-state index is 0.00478. The maximum Gasteiger partial charge on any atom is 0.340 e. The molecule has 0 aliphatic rings. The third-order valence-corrected chi connectivity index (χ3v) is 3.84. The molecule has 0 atom stereocenters. The van der Waals surface area contributed by atoms with E-state index >= 15 is 0 Å². The number of benzene rings is 2.